The van der Waals surface area contributed by atoms with Gasteiger partial charge in [-0.15, -0.1) is 0 Å². The van der Waals surface area contributed by atoms with Crippen LogP contribution in [0.15, 0.2) is 48.7 Å². The molecule has 0 fully saturated rings. The van der Waals surface area contributed by atoms with Crippen LogP contribution in [0.5, 0.6) is 0 Å². The molecule has 1 heterocycles. The molecule has 2 aromatic carbocycles. The summed E-state index contributed by atoms with van der Waals surface area (Å²) in [6.07, 6.45) is -2.79. The number of benzene rings is 2. The normalized spacial score (nSPS) is 11.6. The zero-order valence-electron chi connectivity index (χ0n) is 12.3. The average Bonchev–Trinajstić information content (AvgIpc) is 2.99. The topological polar surface area (TPSA) is 75.0 Å². The van der Waals surface area contributed by atoms with Crippen molar-refractivity contribution in [2.45, 2.75) is 12.7 Å². The number of rotatable bonds is 3. The summed E-state index contributed by atoms with van der Waals surface area (Å²) in [4.78, 5) is 13.0. The van der Waals surface area contributed by atoms with Crippen LogP contribution in [0.25, 0.3) is 10.9 Å². The van der Waals surface area contributed by atoms with Gasteiger partial charge in [-0.1, -0.05) is 12.1 Å². The number of H-pyrrole nitrogens is 1. The Balaban J connectivity index is 1.87. The van der Waals surface area contributed by atoms with Gasteiger partial charge in [0.1, 0.15) is 0 Å². The first-order valence-corrected chi connectivity index (χ1v) is 7.01. The number of alkyl halides is 3. The Hall–Kier alpha value is -3.03. The summed E-state index contributed by atoms with van der Waals surface area (Å²) in [6, 6.07) is 9.09. The van der Waals surface area contributed by atoms with Crippen LogP contribution in [0.3, 0.4) is 0 Å². The Morgan fingerprint density at radius 3 is 2.50 bits per heavy atom. The second kappa shape index (κ2) is 5.88. The van der Waals surface area contributed by atoms with Crippen molar-refractivity contribution in [2.24, 2.45) is 5.73 Å². The van der Waals surface area contributed by atoms with Crippen molar-refractivity contribution >= 4 is 22.6 Å². The lowest BCUT2D eigenvalue weighted by Gasteiger charge is -2.21. The van der Waals surface area contributed by atoms with Crippen LogP contribution in [0.1, 0.15) is 11.1 Å². The highest BCUT2D eigenvalue weighted by Crippen LogP contribution is 2.29. The van der Waals surface area contributed by atoms with Crippen LogP contribution in [0.2, 0.25) is 0 Å². The van der Waals surface area contributed by atoms with Crippen molar-refractivity contribution in [3.63, 3.8) is 0 Å². The van der Waals surface area contributed by atoms with Crippen molar-refractivity contribution in [3.05, 3.63) is 59.8 Å². The molecule has 124 valence electrons. The standard InChI is InChI=1S/C16H13F3N4O/c17-16(18,19)12-3-1-10(2-4-12)9-23(15(20)24)13-5-6-14-11(7-13)8-21-22-14/h1-8H,9H2,(H2,20,24)(H,21,22). The number of nitrogens with one attached hydrogen (secondary N) is 1. The molecule has 0 bridgehead atoms. The molecule has 0 unspecified atom stereocenters. The Morgan fingerprint density at radius 2 is 1.88 bits per heavy atom. The molecule has 8 heteroatoms. The van der Waals surface area contributed by atoms with Crippen LogP contribution >= 0.6 is 0 Å². The molecule has 24 heavy (non-hydrogen) atoms. The number of anilines is 1. The summed E-state index contributed by atoms with van der Waals surface area (Å²) >= 11 is 0. The zero-order valence-corrected chi connectivity index (χ0v) is 12.3. The number of fused-ring (bicyclic) bond motifs is 1. The Bertz CT molecular complexity index is 871. The highest BCUT2D eigenvalue weighted by atomic mass is 19.4. The van der Waals surface area contributed by atoms with Crippen LogP contribution in [0, 0.1) is 0 Å². The summed E-state index contributed by atoms with van der Waals surface area (Å²) in [6.45, 7) is 0.0663. The minimum Gasteiger partial charge on any atom is -0.351 e. The Kier molecular flexibility index (Phi) is 3.88. The number of hydrogen-bond acceptors (Lipinski definition) is 2. The molecule has 2 amide bonds. The summed E-state index contributed by atoms with van der Waals surface area (Å²) in [5.74, 6) is 0. The van der Waals surface area contributed by atoms with Crippen LogP contribution in [0.4, 0.5) is 23.7 Å². The van der Waals surface area contributed by atoms with E-state index in [1.54, 1.807) is 24.4 Å². The van der Waals surface area contributed by atoms with E-state index in [9.17, 15) is 18.0 Å². The smallest absolute Gasteiger partial charge is 0.351 e. The molecule has 0 saturated heterocycles. The van der Waals surface area contributed by atoms with Gasteiger partial charge < -0.3 is 5.73 Å². The average molecular weight is 334 g/mol. The first kappa shape index (κ1) is 15.9. The largest absolute Gasteiger partial charge is 0.416 e. The number of carbonyl (C=O) groups is 1. The predicted molar refractivity (Wildman–Crippen MR) is 83.3 cm³/mol. The fraction of sp³-hybridized carbons (Fsp3) is 0.125. The molecular weight excluding hydrogens is 321 g/mol. The van der Waals surface area contributed by atoms with Gasteiger partial charge in [-0.3, -0.25) is 10.00 Å². The number of primary amides is 1. The lowest BCUT2D eigenvalue weighted by molar-refractivity contribution is -0.137. The number of hydrogen-bond donors (Lipinski definition) is 2. The fourth-order valence-electron chi connectivity index (χ4n) is 2.38. The van der Waals surface area contributed by atoms with E-state index in [1.807, 2.05) is 0 Å². The first-order valence-electron chi connectivity index (χ1n) is 7.01. The van der Waals surface area contributed by atoms with E-state index in [4.69, 9.17) is 5.73 Å². The molecule has 0 aliphatic carbocycles. The fourth-order valence-corrected chi connectivity index (χ4v) is 2.38. The van der Waals surface area contributed by atoms with Gasteiger partial charge >= 0.3 is 12.2 Å². The lowest BCUT2D eigenvalue weighted by atomic mass is 10.1. The minimum atomic E-state index is -4.39. The van der Waals surface area contributed by atoms with E-state index in [0.29, 0.717) is 11.3 Å². The van der Waals surface area contributed by atoms with Crippen molar-refractivity contribution in [2.75, 3.05) is 4.90 Å². The zero-order chi connectivity index (χ0) is 17.3. The van der Waals surface area contributed by atoms with E-state index in [-0.39, 0.29) is 6.54 Å². The Labute approximate surface area is 134 Å². The molecule has 3 rings (SSSR count). The van der Waals surface area contributed by atoms with Crippen LogP contribution in [-0.4, -0.2) is 16.2 Å². The molecule has 0 spiro atoms. The van der Waals surface area contributed by atoms with Gasteiger partial charge in [-0.05, 0) is 35.9 Å². The monoisotopic (exact) mass is 334 g/mol. The molecule has 5 nitrogen and oxygen atoms in total. The van der Waals surface area contributed by atoms with Crippen molar-refractivity contribution in [1.82, 2.24) is 10.2 Å². The van der Waals surface area contributed by atoms with Crippen molar-refractivity contribution in [3.8, 4) is 0 Å². The second-order valence-corrected chi connectivity index (χ2v) is 5.26. The van der Waals surface area contributed by atoms with Gasteiger partial charge in [-0.2, -0.15) is 18.3 Å². The van der Waals surface area contributed by atoms with Crippen molar-refractivity contribution < 1.29 is 18.0 Å². The minimum absolute atomic E-state index is 0.0663. The van der Waals surface area contributed by atoms with Gasteiger partial charge in [0.2, 0.25) is 0 Å². The van der Waals surface area contributed by atoms with Gasteiger partial charge in [0.05, 0.1) is 23.8 Å². The molecule has 3 N–H and O–H groups in total. The summed E-state index contributed by atoms with van der Waals surface area (Å²) in [5, 5.41) is 7.49. The molecule has 0 aliphatic rings. The predicted octanol–water partition coefficient (Wildman–Crippen LogP) is 3.67. The third kappa shape index (κ3) is 3.17. The maximum atomic E-state index is 12.6. The van der Waals surface area contributed by atoms with Gasteiger partial charge in [0.25, 0.3) is 0 Å². The van der Waals surface area contributed by atoms with Crippen molar-refractivity contribution in [1.29, 1.82) is 0 Å². The van der Waals surface area contributed by atoms with Gasteiger partial charge in [-0.25, -0.2) is 4.79 Å². The molecule has 0 radical (unpaired) electrons. The van der Waals surface area contributed by atoms with Crippen LogP contribution in [-0.2, 0) is 12.7 Å². The molecular formula is C16H13F3N4O. The highest BCUT2D eigenvalue weighted by molar-refractivity contribution is 5.93. The molecule has 0 aliphatic heterocycles. The van der Waals surface area contributed by atoms with Gasteiger partial charge in [0.15, 0.2) is 0 Å². The second-order valence-electron chi connectivity index (χ2n) is 5.26. The first-order chi connectivity index (χ1) is 11.3. The molecule has 0 saturated carbocycles. The van der Waals surface area contributed by atoms with E-state index in [2.05, 4.69) is 10.2 Å². The van der Waals surface area contributed by atoms with E-state index in [0.717, 1.165) is 23.0 Å². The molecule has 3 aromatic rings. The number of carbonyl (C=O) groups excluding carboxylic acids is 1. The molecule has 1 aromatic heterocycles. The van der Waals surface area contributed by atoms with E-state index in [1.165, 1.54) is 17.0 Å². The summed E-state index contributed by atoms with van der Waals surface area (Å²) in [7, 11) is 0. The number of aromatic nitrogens is 2. The number of urea groups is 1. The number of nitrogens with zero attached hydrogens (tertiary/aromatic N) is 2. The lowest BCUT2D eigenvalue weighted by Crippen LogP contribution is -2.35. The summed E-state index contributed by atoms with van der Waals surface area (Å²) in [5.41, 5.74) is 6.56. The summed E-state index contributed by atoms with van der Waals surface area (Å²) < 4.78 is 37.8. The number of aromatic amines is 1. The van der Waals surface area contributed by atoms with Gasteiger partial charge in [0, 0.05) is 11.1 Å². The maximum absolute atomic E-state index is 12.6. The number of halogens is 3. The maximum Gasteiger partial charge on any atom is 0.416 e. The van der Waals surface area contributed by atoms with E-state index >= 15 is 0 Å². The SMILES string of the molecule is NC(=O)N(Cc1ccc(C(F)(F)F)cc1)c1ccc2[nH]ncc2c1. The molecule has 0 atom stereocenters. The number of nitrogens with two attached hydrogens (primary N) is 1. The third-order valence-electron chi connectivity index (χ3n) is 3.62. The third-order valence-corrected chi connectivity index (χ3v) is 3.62. The quantitative estimate of drug-likeness (QED) is 0.767. The van der Waals surface area contributed by atoms with E-state index < -0.39 is 17.8 Å². The number of amides is 2. The van der Waals surface area contributed by atoms with Crippen LogP contribution < -0.4 is 10.6 Å². The highest BCUT2D eigenvalue weighted by Gasteiger charge is 2.30. The Morgan fingerprint density at radius 1 is 1.17 bits per heavy atom.